The Morgan fingerprint density at radius 2 is 1.38 bits per heavy atom. The smallest absolute Gasteiger partial charge is 0.119 e. The minimum absolute atomic E-state index is 0.756. The zero-order chi connectivity index (χ0) is 22.0. The van der Waals surface area contributed by atoms with Crippen LogP contribution in [0.2, 0.25) is 0 Å². The van der Waals surface area contributed by atoms with Crippen molar-refractivity contribution in [3.63, 3.8) is 0 Å². The van der Waals surface area contributed by atoms with Crippen LogP contribution in [0.4, 0.5) is 11.4 Å². The van der Waals surface area contributed by atoms with Crippen LogP contribution in [-0.2, 0) is 6.54 Å². The van der Waals surface area contributed by atoms with Crippen molar-refractivity contribution < 1.29 is 4.74 Å². The zero-order valence-electron chi connectivity index (χ0n) is 19.2. The SMILES string of the molecule is CN(CCN(c1ccccc1)c1ccc(OCCN2CCCC2)cc1)Cc1ccccc1. The maximum absolute atomic E-state index is 6.00. The Labute approximate surface area is 193 Å². The van der Waals surface area contributed by atoms with Crippen LogP contribution >= 0.6 is 0 Å². The lowest BCUT2D eigenvalue weighted by molar-refractivity contribution is 0.238. The van der Waals surface area contributed by atoms with Crippen molar-refractivity contribution in [2.45, 2.75) is 19.4 Å². The minimum Gasteiger partial charge on any atom is -0.492 e. The monoisotopic (exact) mass is 429 g/mol. The molecule has 0 saturated carbocycles. The average Bonchev–Trinajstić information content (AvgIpc) is 3.35. The predicted octanol–water partition coefficient (Wildman–Crippen LogP) is 5.43. The maximum atomic E-state index is 6.00. The van der Waals surface area contributed by atoms with Gasteiger partial charge in [0, 0.05) is 37.6 Å². The Hall–Kier alpha value is -2.82. The van der Waals surface area contributed by atoms with Crippen molar-refractivity contribution in [3.05, 3.63) is 90.5 Å². The van der Waals surface area contributed by atoms with Gasteiger partial charge in [-0.15, -0.1) is 0 Å². The van der Waals surface area contributed by atoms with E-state index in [-0.39, 0.29) is 0 Å². The fourth-order valence-corrected chi connectivity index (χ4v) is 4.28. The third-order valence-electron chi connectivity index (χ3n) is 6.09. The van der Waals surface area contributed by atoms with E-state index in [0.29, 0.717) is 0 Å². The van der Waals surface area contributed by atoms with E-state index in [2.05, 4.69) is 107 Å². The zero-order valence-corrected chi connectivity index (χ0v) is 19.2. The molecule has 0 bridgehead atoms. The number of likely N-dealkylation sites (tertiary alicyclic amines) is 1. The van der Waals surface area contributed by atoms with E-state index in [9.17, 15) is 0 Å². The van der Waals surface area contributed by atoms with Crippen LogP contribution in [0.25, 0.3) is 0 Å². The van der Waals surface area contributed by atoms with Crippen molar-refractivity contribution in [2.24, 2.45) is 0 Å². The van der Waals surface area contributed by atoms with Gasteiger partial charge in [0.05, 0.1) is 0 Å². The molecule has 0 aromatic heterocycles. The molecule has 4 heteroatoms. The molecule has 1 aliphatic heterocycles. The van der Waals surface area contributed by atoms with Crippen LogP contribution in [0.3, 0.4) is 0 Å². The standard InChI is InChI=1S/C28H35N3O/c1-29(24-25-10-4-2-5-11-25)20-21-31(26-12-6-3-7-13-26)27-14-16-28(17-15-27)32-23-22-30-18-8-9-19-30/h2-7,10-17H,8-9,18-24H2,1H3. The second kappa shape index (κ2) is 11.7. The van der Waals surface area contributed by atoms with Crippen molar-refractivity contribution in [3.8, 4) is 5.75 Å². The van der Waals surface area contributed by atoms with E-state index in [1.165, 1.54) is 42.9 Å². The first-order valence-corrected chi connectivity index (χ1v) is 11.8. The van der Waals surface area contributed by atoms with E-state index in [1.54, 1.807) is 0 Å². The fraction of sp³-hybridized carbons (Fsp3) is 0.357. The molecule has 1 fully saturated rings. The van der Waals surface area contributed by atoms with Gasteiger partial charge in [0.15, 0.2) is 0 Å². The van der Waals surface area contributed by atoms with Crippen molar-refractivity contribution in [1.29, 1.82) is 0 Å². The van der Waals surface area contributed by atoms with Crippen LogP contribution in [0.5, 0.6) is 5.75 Å². The quantitative estimate of drug-likeness (QED) is 0.404. The molecule has 4 rings (SSSR count). The number of anilines is 2. The second-order valence-electron chi connectivity index (χ2n) is 8.60. The normalized spacial score (nSPS) is 14.1. The van der Waals surface area contributed by atoms with E-state index in [1.807, 2.05) is 0 Å². The molecular weight excluding hydrogens is 394 g/mol. The highest BCUT2D eigenvalue weighted by Gasteiger charge is 2.12. The number of benzene rings is 3. The molecule has 3 aromatic rings. The Morgan fingerprint density at radius 3 is 2.06 bits per heavy atom. The molecule has 0 N–H and O–H groups in total. The third-order valence-corrected chi connectivity index (χ3v) is 6.09. The van der Waals surface area contributed by atoms with Gasteiger partial charge in [0.25, 0.3) is 0 Å². The summed E-state index contributed by atoms with van der Waals surface area (Å²) in [6.07, 6.45) is 2.65. The highest BCUT2D eigenvalue weighted by molar-refractivity contribution is 5.63. The summed E-state index contributed by atoms with van der Waals surface area (Å²) in [7, 11) is 2.19. The second-order valence-corrected chi connectivity index (χ2v) is 8.60. The lowest BCUT2D eigenvalue weighted by Crippen LogP contribution is -2.30. The summed E-state index contributed by atoms with van der Waals surface area (Å²) in [5.74, 6) is 0.946. The molecule has 0 aliphatic carbocycles. The molecule has 1 heterocycles. The highest BCUT2D eigenvalue weighted by Crippen LogP contribution is 2.27. The summed E-state index contributed by atoms with van der Waals surface area (Å²) < 4.78 is 6.00. The first-order chi connectivity index (χ1) is 15.8. The van der Waals surface area contributed by atoms with Crippen molar-refractivity contribution in [2.75, 3.05) is 51.3 Å². The molecule has 0 atom stereocenters. The summed E-state index contributed by atoms with van der Waals surface area (Å²) in [5, 5.41) is 0. The Balaban J connectivity index is 1.36. The molecule has 168 valence electrons. The molecule has 32 heavy (non-hydrogen) atoms. The van der Waals surface area contributed by atoms with Crippen LogP contribution in [0, 0.1) is 0 Å². The number of rotatable bonds is 11. The van der Waals surface area contributed by atoms with Crippen LogP contribution < -0.4 is 9.64 Å². The molecule has 0 unspecified atom stereocenters. The van der Waals surface area contributed by atoms with Gasteiger partial charge in [0.2, 0.25) is 0 Å². The van der Waals surface area contributed by atoms with Gasteiger partial charge in [-0.25, -0.2) is 0 Å². The summed E-state index contributed by atoms with van der Waals surface area (Å²) in [5.41, 5.74) is 3.75. The summed E-state index contributed by atoms with van der Waals surface area (Å²) >= 11 is 0. The fourth-order valence-electron chi connectivity index (χ4n) is 4.28. The molecule has 3 aromatic carbocycles. The Morgan fingerprint density at radius 1 is 0.750 bits per heavy atom. The minimum atomic E-state index is 0.756. The first kappa shape index (κ1) is 22.4. The molecule has 1 aliphatic rings. The summed E-state index contributed by atoms with van der Waals surface area (Å²) in [6.45, 7) is 7.05. The number of nitrogens with zero attached hydrogens (tertiary/aromatic N) is 3. The lowest BCUT2D eigenvalue weighted by atomic mass is 10.2. The van der Waals surface area contributed by atoms with E-state index in [0.717, 1.165) is 38.5 Å². The van der Waals surface area contributed by atoms with Crippen LogP contribution in [-0.4, -0.2) is 56.2 Å². The van der Waals surface area contributed by atoms with E-state index >= 15 is 0 Å². The summed E-state index contributed by atoms with van der Waals surface area (Å²) in [4.78, 5) is 7.24. The molecular formula is C28H35N3O. The number of hydrogen-bond donors (Lipinski definition) is 0. The third kappa shape index (κ3) is 6.59. The predicted molar refractivity (Wildman–Crippen MR) is 134 cm³/mol. The molecule has 0 radical (unpaired) electrons. The molecule has 1 saturated heterocycles. The largest absolute Gasteiger partial charge is 0.492 e. The van der Waals surface area contributed by atoms with Gasteiger partial charge in [-0.3, -0.25) is 4.90 Å². The Kier molecular flexibility index (Phi) is 8.18. The first-order valence-electron chi connectivity index (χ1n) is 11.8. The van der Waals surface area contributed by atoms with E-state index in [4.69, 9.17) is 4.74 Å². The Bertz CT molecular complexity index is 908. The lowest BCUT2D eigenvalue weighted by Gasteiger charge is -2.28. The number of para-hydroxylation sites is 1. The highest BCUT2D eigenvalue weighted by atomic mass is 16.5. The van der Waals surface area contributed by atoms with E-state index < -0.39 is 0 Å². The molecule has 4 nitrogen and oxygen atoms in total. The number of likely N-dealkylation sites (N-methyl/N-ethyl adjacent to an activating group) is 1. The molecule has 0 amide bonds. The summed E-state index contributed by atoms with van der Waals surface area (Å²) in [6, 6.07) is 29.8. The number of hydrogen-bond acceptors (Lipinski definition) is 4. The van der Waals surface area contributed by atoms with Crippen LogP contribution in [0.1, 0.15) is 18.4 Å². The van der Waals surface area contributed by atoms with Crippen molar-refractivity contribution in [1.82, 2.24) is 9.80 Å². The average molecular weight is 430 g/mol. The van der Waals surface area contributed by atoms with Gasteiger partial charge < -0.3 is 14.5 Å². The van der Waals surface area contributed by atoms with Crippen molar-refractivity contribution >= 4 is 11.4 Å². The van der Waals surface area contributed by atoms with Gasteiger partial charge in [-0.05, 0) is 74.9 Å². The molecule has 0 spiro atoms. The maximum Gasteiger partial charge on any atom is 0.119 e. The topological polar surface area (TPSA) is 19.0 Å². The number of ether oxygens (including phenoxy) is 1. The van der Waals surface area contributed by atoms with Crippen LogP contribution in [0.15, 0.2) is 84.9 Å². The van der Waals surface area contributed by atoms with Gasteiger partial charge in [0.1, 0.15) is 12.4 Å². The van der Waals surface area contributed by atoms with Gasteiger partial charge >= 0.3 is 0 Å². The van der Waals surface area contributed by atoms with Gasteiger partial charge in [-0.2, -0.15) is 0 Å². The van der Waals surface area contributed by atoms with Gasteiger partial charge in [-0.1, -0.05) is 48.5 Å².